The van der Waals surface area contributed by atoms with Gasteiger partial charge in [0.25, 0.3) is 0 Å². The molecule has 0 aliphatic carbocycles. The molecule has 0 spiro atoms. The van der Waals surface area contributed by atoms with E-state index in [1.807, 2.05) is 0 Å². The van der Waals surface area contributed by atoms with Crippen LogP contribution in [0.1, 0.15) is 6.92 Å². The van der Waals surface area contributed by atoms with Gasteiger partial charge < -0.3 is 10.1 Å². The standard InChI is InChI=1S/C9H12N2O2.ClH/c1-7(9(12)13-2)11-8-3-5-10-6-4-8;/h3-7H,1-2H3,(H,10,11);1H. The molecule has 1 N–H and O–H groups in total. The lowest BCUT2D eigenvalue weighted by molar-refractivity contribution is -0.141. The Morgan fingerprint density at radius 1 is 1.50 bits per heavy atom. The van der Waals surface area contributed by atoms with Gasteiger partial charge in [0.1, 0.15) is 6.04 Å². The summed E-state index contributed by atoms with van der Waals surface area (Å²) in [5.74, 6) is -0.281. The summed E-state index contributed by atoms with van der Waals surface area (Å²) in [4.78, 5) is 14.9. The second-order valence-corrected chi connectivity index (χ2v) is 2.63. The predicted molar refractivity (Wildman–Crippen MR) is 56.6 cm³/mol. The Kier molecular flexibility index (Phi) is 5.64. The molecule has 0 bridgehead atoms. The number of methoxy groups -OCH3 is 1. The summed E-state index contributed by atoms with van der Waals surface area (Å²) in [5.41, 5.74) is 0.855. The molecular formula is C9H13ClN2O2. The largest absolute Gasteiger partial charge is 0.467 e. The number of anilines is 1. The third-order valence-corrected chi connectivity index (χ3v) is 1.62. The first kappa shape index (κ1) is 12.7. The van der Waals surface area contributed by atoms with Gasteiger partial charge in [-0.25, -0.2) is 4.79 Å². The van der Waals surface area contributed by atoms with E-state index in [-0.39, 0.29) is 24.4 Å². The zero-order valence-electron chi connectivity index (χ0n) is 8.06. The highest BCUT2D eigenvalue weighted by molar-refractivity contribution is 5.85. The van der Waals surface area contributed by atoms with Crippen molar-refractivity contribution in [1.82, 2.24) is 4.98 Å². The molecule has 0 aliphatic heterocycles. The molecule has 0 saturated carbocycles. The maximum absolute atomic E-state index is 11.0. The van der Waals surface area contributed by atoms with Crippen molar-refractivity contribution in [3.8, 4) is 0 Å². The first-order chi connectivity index (χ1) is 6.24. The maximum atomic E-state index is 11.0. The van der Waals surface area contributed by atoms with Crippen molar-refractivity contribution in [3.05, 3.63) is 24.5 Å². The molecule has 1 aromatic heterocycles. The van der Waals surface area contributed by atoms with Crippen molar-refractivity contribution >= 4 is 24.1 Å². The molecule has 4 nitrogen and oxygen atoms in total. The third kappa shape index (κ3) is 3.62. The van der Waals surface area contributed by atoms with Gasteiger partial charge in [0, 0.05) is 18.1 Å². The molecule has 1 heterocycles. The van der Waals surface area contributed by atoms with Crippen LogP contribution in [0, 0.1) is 0 Å². The van der Waals surface area contributed by atoms with Crippen LogP contribution in [0.3, 0.4) is 0 Å². The minimum absolute atomic E-state index is 0. The highest BCUT2D eigenvalue weighted by Gasteiger charge is 2.11. The fourth-order valence-corrected chi connectivity index (χ4v) is 0.934. The second kappa shape index (κ2) is 6.21. The molecule has 1 unspecified atom stereocenters. The highest BCUT2D eigenvalue weighted by Crippen LogP contribution is 2.05. The number of hydrogen-bond donors (Lipinski definition) is 1. The van der Waals surface area contributed by atoms with Crippen LogP contribution in [0.2, 0.25) is 0 Å². The van der Waals surface area contributed by atoms with Gasteiger partial charge >= 0.3 is 5.97 Å². The molecule has 0 fully saturated rings. The van der Waals surface area contributed by atoms with Crippen LogP contribution in [0.4, 0.5) is 5.69 Å². The van der Waals surface area contributed by atoms with Crippen molar-refractivity contribution in [2.75, 3.05) is 12.4 Å². The van der Waals surface area contributed by atoms with E-state index in [1.54, 1.807) is 31.5 Å². The number of carbonyl (C=O) groups is 1. The van der Waals surface area contributed by atoms with Gasteiger partial charge in [-0.3, -0.25) is 4.98 Å². The van der Waals surface area contributed by atoms with Gasteiger partial charge in [-0.05, 0) is 19.1 Å². The molecule has 5 heteroatoms. The minimum Gasteiger partial charge on any atom is -0.467 e. The molecule has 0 radical (unpaired) electrons. The number of nitrogens with zero attached hydrogens (tertiary/aromatic N) is 1. The average molecular weight is 217 g/mol. The number of aromatic nitrogens is 1. The topological polar surface area (TPSA) is 51.2 Å². The van der Waals surface area contributed by atoms with E-state index in [1.165, 1.54) is 7.11 Å². The summed E-state index contributed by atoms with van der Waals surface area (Å²) in [6.07, 6.45) is 3.32. The monoisotopic (exact) mass is 216 g/mol. The molecule has 78 valence electrons. The van der Waals surface area contributed by atoms with E-state index in [0.29, 0.717) is 0 Å². The fourth-order valence-electron chi connectivity index (χ4n) is 0.934. The number of halogens is 1. The zero-order chi connectivity index (χ0) is 9.68. The summed E-state index contributed by atoms with van der Waals surface area (Å²) in [6.45, 7) is 1.74. The van der Waals surface area contributed by atoms with E-state index in [0.717, 1.165) is 5.69 Å². The van der Waals surface area contributed by atoms with Crippen molar-refractivity contribution in [2.45, 2.75) is 13.0 Å². The predicted octanol–water partition coefficient (Wildman–Crippen LogP) is 1.48. The van der Waals surface area contributed by atoms with E-state index in [9.17, 15) is 4.79 Å². The van der Waals surface area contributed by atoms with Gasteiger partial charge in [0.15, 0.2) is 0 Å². The number of esters is 1. The number of nitrogens with one attached hydrogen (secondary N) is 1. The lowest BCUT2D eigenvalue weighted by Crippen LogP contribution is -2.27. The van der Waals surface area contributed by atoms with E-state index < -0.39 is 0 Å². The van der Waals surface area contributed by atoms with Crippen molar-refractivity contribution in [1.29, 1.82) is 0 Å². The third-order valence-electron chi connectivity index (χ3n) is 1.62. The van der Waals surface area contributed by atoms with E-state index in [4.69, 9.17) is 0 Å². The number of pyridine rings is 1. The molecule has 1 rings (SSSR count). The number of ether oxygens (including phenoxy) is 1. The first-order valence-corrected chi connectivity index (χ1v) is 3.98. The van der Waals surface area contributed by atoms with Crippen molar-refractivity contribution < 1.29 is 9.53 Å². The molecule has 0 saturated heterocycles. The van der Waals surface area contributed by atoms with Crippen LogP contribution in [-0.4, -0.2) is 24.1 Å². The van der Waals surface area contributed by atoms with Gasteiger partial charge in [-0.1, -0.05) is 0 Å². The first-order valence-electron chi connectivity index (χ1n) is 3.98. The second-order valence-electron chi connectivity index (χ2n) is 2.63. The summed E-state index contributed by atoms with van der Waals surface area (Å²) >= 11 is 0. The van der Waals surface area contributed by atoms with Gasteiger partial charge in [-0.2, -0.15) is 0 Å². The Morgan fingerprint density at radius 2 is 2.07 bits per heavy atom. The molecule has 14 heavy (non-hydrogen) atoms. The Balaban J connectivity index is 0.00000169. The molecule has 0 aliphatic rings. The van der Waals surface area contributed by atoms with Crippen molar-refractivity contribution in [2.24, 2.45) is 0 Å². The van der Waals surface area contributed by atoms with Gasteiger partial charge in [0.2, 0.25) is 0 Å². The van der Waals surface area contributed by atoms with Crippen LogP contribution >= 0.6 is 12.4 Å². The molecule has 0 aromatic carbocycles. The Bertz CT molecular complexity index is 279. The minimum atomic E-state index is -0.340. The Hall–Kier alpha value is -1.29. The lowest BCUT2D eigenvalue weighted by atomic mass is 10.3. The number of hydrogen-bond acceptors (Lipinski definition) is 4. The van der Waals surface area contributed by atoms with Crippen LogP contribution < -0.4 is 5.32 Å². The normalized spacial score (nSPS) is 11.0. The quantitative estimate of drug-likeness (QED) is 0.778. The van der Waals surface area contributed by atoms with Crippen LogP contribution in [-0.2, 0) is 9.53 Å². The maximum Gasteiger partial charge on any atom is 0.327 e. The lowest BCUT2D eigenvalue weighted by Gasteiger charge is -2.11. The summed E-state index contributed by atoms with van der Waals surface area (Å²) < 4.78 is 4.57. The molecule has 1 atom stereocenters. The Labute approximate surface area is 89.1 Å². The fraction of sp³-hybridized carbons (Fsp3) is 0.333. The molecular weight excluding hydrogens is 204 g/mol. The number of rotatable bonds is 3. The van der Waals surface area contributed by atoms with Crippen LogP contribution in [0.25, 0.3) is 0 Å². The summed E-state index contributed by atoms with van der Waals surface area (Å²) in [5, 5.41) is 2.98. The highest BCUT2D eigenvalue weighted by atomic mass is 35.5. The Morgan fingerprint density at radius 3 is 2.57 bits per heavy atom. The van der Waals surface area contributed by atoms with Gasteiger partial charge in [0.05, 0.1) is 7.11 Å². The molecule has 1 aromatic rings. The van der Waals surface area contributed by atoms with Crippen LogP contribution in [0.5, 0.6) is 0 Å². The van der Waals surface area contributed by atoms with Gasteiger partial charge in [-0.15, -0.1) is 12.4 Å². The van der Waals surface area contributed by atoms with E-state index in [2.05, 4.69) is 15.0 Å². The summed E-state index contributed by atoms with van der Waals surface area (Å²) in [6, 6.07) is 3.24. The molecule has 0 amide bonds. The number of carbonyl (C=O) groups excluding carboxylic acids is 1. The van der Waals surface area contributed by atoms with E-state index >= 15 is 0 Å². The average Bonchev–Trinajstić information content (AvgIpc) is 2.18. The summed E-state index contributed by atoms with van der Waals surface area (Å²) in [7, 11) is 1.37. The van der Waals surface area contributed by atoms with Crippen molar-refractivity contribution in [3.63, 3.8) is 0 Å². The van der Waals surface area contributed by atoms with Crippen LogP contribution in [0.15, 0.2) is 24.5 Å². The zero-order valence-corrected chi connectivity index (χ0v) is 8.88. The smallest absolute Gasteiger partial charge is 0.327 e. The SMILES string of the molecule is COC(=O)C(C)Nc1ccncc1.Cl.